The molecule has 12 heteroatoms. The van der Waals surface area contributed by atoms with Crippen LogP contribution in [0.5, 0.6) is 5.75 Å². The maximum absolute atomic E-state index is 13.8. The minimum atomic E-state index is -4.02. The van der Waals surface area contributed by atoms with E-state index in [9.17, 15) is 27.5 Å². The lowest BCUT2D eigenvalue weighted by Crippen LogP contribution is -2.53. The van der Waals surface area contributed by atoms with Crippen molar-refractivity contribution in [3.8, 4) is 5.75 Å². The number of nitrogens with one attached hydrogen (secondary N) is 1. The van der Waals surface area contributed by atoms with Gasteiger partial charge in [-0.25, -0.2) is 17.6 Å². The molecule has 4 rings (SSSR count). The second kappa shape index (κ2) is 14.7. The number of cyclic esters (lactones) is 1. The molecule has 0 radical (unpaired) electrons. The molecule has 0 bridgehead atoms. The number of sulfonamides is 1. The van der Waals surface area contributed by atoms with E-state index in [1.807, 2.05) is 44.2 Å². The Kier molecular flexibility index (Phi) is 11.0. The highest BCUT2D eigenvalue weighted by Gasteiger charge is 2.39. The highest BCUT2D eigenvalue weighted by molar-refractivity contribution is 7.89. The van der Waals surface area contributed by atoms with E-state index in [4.69, 9.17) is 9.47 Å². The summed E-state index contributed by atoms with van der Waals surface area (Å²) in [6.07, 6.45) is -2.37. The zero-order valence-electron chi connectivity index (χ0n) is 24.9. The van der Waals surface area contributed by atoms with Gasteiger partial charge in [0.25, 0.3) is 5.91 Å². The standard InChI is InChI=1S/C32H38FN3O7S/c1-4-22(2)19-35(44(40,41)27-16-14-26(42-3)15-17-27)20-29(37)28(18-23-8-6-5-7-9-23)34-31(38)30-21-36(32(39)43-30)25-12-10-24(33)11-13-25/h5-17,22,28-30,37H,4,18-21H2,1-3H3,(H,34,38)/t22-,28-,29+,30-/m0/s1. The van der Waals surface area contributed by atoms with Gasteiger partial charge in [-0.15, -0.1) is 0 Å². The minimum Gasteiger partial charge on any atom is -0.497 e. The largest absolute Gasteiger partial charge is 0.497 e. The van der Waals surface area contributed by atoms with Gasteiger partial charge in [-0.2, -0.15) is 4.31 Å². The van der Waals surface area contributed by atoms with E-state index in [1.165, 1.54) is 52.7 Å². The van der Waals surface area contributed by atoms with Crippen molar-refractivity contribution in [3.05, 3.63) is 90.2 Å². The summed E-state index contributed by atoms with van der Waals surface area (Å²) >= 11 is 0. The first kappa shape index (κ1) is 32.9. The quantitative estimate of drug-likeness (QED) is 0.277. The summed E-state index contributed by atoms with van der Waals surface area (Å²) in [5.74, 6) is -0.611. The van der Waals surface area contributed by atoms with Crippen LogP contribution >= 0.6 is 0 Å². The third-order valence-electron chi connectivity index (χ3n) is 7.63. The molecule has 44 heavy (non-hydrogen) atoms. The summed E-state index contributed by atoms with van der Waals surface area (Å²) in [6.45, 7) is 3.63. The van der Waals surface area contributed by atoms with Crippen LogP contribution in [0, 0.1) is 11.7 Å². The van der Waals surface area contributed by atoms with Gasteiger partial charge in [-0.05, 0) is 66.4 Å². The second-order valence-electron chi connectivity index (χ2n) is 10.8. The van der Waals surface area contributed by atoms with Gasteiger partial charge in [0.2, 0.25) is 10.0 Å². The third kappa shape index (κ3) is 8.13. The topological polar surface area (TPSA) is 125 Å². The number of rotatable bonds is 14. The molecule has 1 saturated heterocycles. The molecule has 236 valence electrons. The van der Waals surface area contributed by atoms with Crippen molar-refractivity contribution in [2.24, 2.45) is 5.92 Å². The number of methoxy groups -OCH3 is 1. The molecule has 1 fully saturated rings. The van der Waals surface area contributed by atoms with Crippen LogP contribution in [0.25, 0.3) is 0 Å². The number of nitrogens with zero attached hydrogens (tertiary/aromatic N) is 2. The van der Waals surface area contributed by atoms with E-state index in [1.54, 1.807) is 12.1 Å². The molecule has 0 aliphatic carbocycles. The van der Waals surface area contributed by atoms with Crippen molar-refractivity contribution < 1.29 is 37.0 Å². The van der Waals surface area contributed by atoms with Crippen LogP contribution in [0.4, 0.5) is 14.9 Å². The van der Waals surface area contributed by atoms with Crippen molar-refractivity contribution >= 4 is 27.7 Å². The first-order valence-electron chi connectivity index (χ1n) is 14.4. The van der Waals surface area contributed by atoms with Crippen LogP contribution in [0.3, 0.4) is 0 Å². The van der Waals surface area contributed by atoms with Crippen LogP contribution in [-0.2, 0) is 26.0 Å². The van der Waals surface area contributed by atoms with Gasteiger partial charge in [0.05, 0.1) is 30.7 Å². The minimum absolute atomic E-state index is 0.00673. The maximum atomic E-state index is 13.8. The Morgan fingerprint density at radius 3 is 2.36 bits per heavy atom. The molecule has 4 atom stereocenters. The van der Waals surface area contributed by atoms with Gasteiger partial charge in [-0.1, -0.05) is 50.6 Å². The number of benzene rings is 3. The predicted octanol–water partition coefficient (Wildman–Crippen LogP) is 3.98. The molecule has 2 N–H and O–H groups in total. The molecule has 0 saturated carbocycles. The van der Waals surface area contributed by atoms with Gasteiger partial charge >= 0.3 is 6.09 Å². The molecule has 3 aromatic carbocycles. The SMILES string of the molecule is CC[C@H](C)CN(C[C@@H](O)[C@H](Cc1ccccc1)NC(=O)[C@@H]1CN(c2ccc(F)cc2)C(=O)O1)S(=O)(=O)c1ccc(OC)cc1. The van der Waals surface area contributed by atoms with Crippen molar-refractivity contribution in [2.75, 3.05) is 31.6 Å². The number of anilines is 1. The van der Waals surface area contributed by atoms with Gasteiger partial charge < -0.3 is 19.9 Å². The zero-order valence-corrected chi connectivity index (χ0v) is 25.7. The molecule has 2 amide bonds. The average molecular weight is 628 g/mol. The number of aliphatic hydroxyl groups excluding tert-OH is 1. The van der Waals surface area contributed by atoms with E-state index in [2.05, 4.69) is 5.32 Å². The fourth-order valence-corrected chi connectivity index (χ4v) is 6.42. The molecule has 10 nitrogen and oxygen atoms in total. The van der Waals surface area contributed by atoms with Gasteiger partial charge in [0, 0.05) is 18.8 Å². The lowest BCUT2D eigenvalue weighted by Gasteiger charge is -2.31. The highest BCUT2D eigenvalue weighted by Crippen LogP contribution is 2.24. The Hall–Kier alpha value is -4.00. The lowest BCUT2D eigenvalue weighted by atomic mass is 10.0. The number of halogens is 1. The number of ether oxygens (including phenoxy) is 2. The summed E-state index contributed by atoms with van der Waals surface area (Å²) in [5.41, 5.74) is 1.18. The number of carbonyl (C=O) groups is 2. The van der Waals surface area contributed by atoms with Gasteiger partial charge in [0.1, 0.15) is 11.6 Å². The van der Waals surface area contributed by atoms with E-state index < -0.39 is 46.1 Å². The fraction of sp³-hybridized carbons (Fsp3) is 0.375. The molecule has 3 aromatic rings. The Morgan fingerprint density at radius 1 is 1.09 bits per heavy atom. The molecular formula is C32H38FN3O7S. The predicted molar refractivity (Wildman–Crippen MR) is 163 cm³/mol. The lowest BCUT2D eigenvalue weighted by molar-refractivity contribution is -0.129. The van der Waals surface area contributed by atoms with Crippen LogP contribution in [-0.4, -0.2) is 74.8 Å². The van der Waals surface area contributed by atoms with Crippen molar-refractivity contribution in [1.29, 1.82) is 0 Å². The Labute approximate surface area is 257 Å². The smallest absolute Gasteiger partial charge is 0.415 e. The summed E-state index contributed by atoms with van der Waals surface area (Å²) in [4.78, 5) is 27.2. The highest BCUT2D eigenvalue weighted by atomic mass is 32.2. The van der Waals surface area contributed by atoms with Gasteiger partial charge in [-0.3, -0.25) is 9.69 Å². The van der Waals surface area contributed by atoms with E-state index in [0.29, 0.717) is 17.9 Å². The summed E-state index contributed by atoms with van der Waals surface area (Å²) in [6, 6.07) is 19.5. The Morgan fingerprint density at radius 2 is 1.75 bits per heavy atom. The number of hydrogen-bond acceptors (Lipinski definition) is 7. The number of carbonyl (C=O) groups excluding carboxylic acids is 2. The van der Waals surface area contributed by atoms with Crippen LogP contribution in [0.1, 0.15) is 25.8 Å². The van der Waals surface area contributed by atoms with Crippen LogP contribution in [0.2, 0.25) is 0 Å². The molecule has 0 aromatic heterocycles. The Balaban J connectivity index is 1.55. The summed E-state index contributed by atoms with van der Waals surface area (Å²) in [7, 11) is -2.53. The first-order chi connectivity index (χ1) is 21.0. The van der Waals surface area contributed by atoms with Crippen molar-refractivity contribution in [1.82, 2.24) is 9.62 Å². The van der Waals surface area contributed by atoms with Crippen LogP contribution < -0.4 is 15.0 Å². The van der Waals surface area contributed by atoms with E-state index in [-0.39, 0.29) is 36.9 Å². The molecular weight excluding hydrogens is 589 g/mol. The number of aliphatic hydroxyl groups is 1. The van der Waals surface area contributed by atoms with Crippen LogP contribution in [0.15, 0.2) is 83.8 Å². The number of amides is 2. The molecule has 1 heterocycles. The fourth-order valence-electron chi connectivity index (χ4n) is 4.84. The van der Waals surface area contributed by atoms with Crippen molar-refractivity contribution in [2.45, 2.75) is 49.8 Å². The van der Waals surface area contributed by atoms with E-state index >= 15 is 0 Å². The zero-order chi connectivity index (χ0) is 31.9. The molecule has 1 aliphatic heterocycles. The summed E-state index contributed by atoms with van der Waals surface area (Å²) in [5, 5.41) is 14.3. The number of hydrogen-bond donors (Lipinski definition) is 2. The third-order valence-corrected chi connectivity index (χ3v) is 9.48. The molecule has 0 spiro atoms. The molecule has 1 aliphatic rings. The average Bonchev–Trinajstić information content (AvgIpc) is 3.42. The second-order valence-corrected chi connectivity index (χ2v) is 12.8. The normalized spacial score (nSPS) is 17.2. The summed E-state index contributed by atoms with van der Waals surface area (Å²) < 4.78 is 52.6. The van der Waals surface area contributed by atoms with E-state index in [0.717, 1.165) is 5.56 Å². The maximum Gasteiger partial charge on any atom is 0.415 e. The van der Waals surface area contributed by atoms with Gasteiger partial charge in [0.15, 0.2) is 6.10 Å². The first-order valence-corrected chi connectivity index (χ1v) is 15.9. The monoisotopic (exact) mass is 627 g/mol. The van der Waals surface area contributed by atoms with Crippen molar-refractivity contribution in [3.63, 3.8) is 0 Å². The molecule has 0 unspecified atom stereocenters. The Bertz CT molecular complexity index is 1510.